The molecule has 1 fully saturated rings. The number of imidazole rings is 1. The maximum atomic E-state index is 12.9. The van der Waals surface area contributed by atoms with Gasteiger partial charge in [0.25, 0.3) is 0 Å². The number of ketones is 1. The van der Waals surface area contributed by atoms with Gasteiger partial charge < -0.3 is 9.30 Å². The summed E-state index contributed by atoms with van der Waals surface area (Å²) < 4.78 is 8.07. The van der Waals surface area contributed by atoms with E-state index in [9.17, 15) is 4.79 Å². The standard InChI is InChI=1S/C17H28N2O2/c1-3-12-19-13-11-18-16(19)14-15(20)17(21-4-2)9-7-5-6-8-10-17/h11,13H,3-10,12,14H2,1-2H3. The molecule has 0 radical (unpaired) electrons. The molecule has 1 aromatic heterocycles. The summed E-state index contributed by atoms with van der Waals surface area (Å²) >= 11 is 0. The van der Waals surface area contributed by atoms with Crippen LogP contribution in [0, 0.1) is 0 Å². The molecule has 1 aliphatic carbocycles. The van der Waals surface area contributed by atoms with E-state index in [4.69, 9.17) is 4.74 Å². The van der Waals surface area contributed by atoms with E-state index in [1.807, 2.05) is 13.1 Å². The minimum Gasteiger partial charge on any atom is -0.367 e. The van der Waals surface area contributed by atoms with Crippen LogP contribution in [0.1, 0.15) is 64.6 Å². The average Bonchev–Trinajstić information content (AvgIpc) is 2.75. The Hall–Kier alpha value is -1.16. The first-order valence-corrected chi connectivity index (χ1v) is 8.39. The molecule has 0 unspecified atom stereocenters. The second-order valence-corrected chi connectivity index (χ2v) is 5.98. The summed E-state index contributed by atoms with van der Waals surface area (Å²) in [5, 5.41) is 0. The fourth-order valence-electron chi connectivity index (χ4n) is 3.34. The predicted molar refractivity (Wildman–Crippen MR) is 83.3 cm³/mol. The van der Waals surface area contributed by atoms with Crippen LogP contribution in [0.3, 0.4) is 0 Å². The van der Waals surface area contributed by atoms with Crippen LogP contribution in [-0.2, 0) is 22.5 Å². The van der Waals surface area contributed by atoms with E-state index in [2.05, 4.69) is 16.5 Å². The highest BCUT2D eigenvalue weighted by Crippen LogP contribution is 2.32. The molecule has 1 saturated carbocycles. The van der Waals surface area contributed by atoms with Crippen LogP contribution < -0.4 is 0 Å². The third kappa shape index (κ3) is 3.94. The summed E-state index contributed by atoms with van der Waals surface area (Å²) in [6, 6.07) is 0. The van der Waals surface area contributed by atoms with Crippen LogP contribution in [0.2, 0.25) is 0 Å². The largest absolute Gasteiger partial charge is 0.367 e. The van der Waals surface area contributed by atoms with Gasteiger partial charge in [-0.15, -0.1) is 0 Å². The zero-order valence-electron chi connectivity index (χ0n) is 13.4. The predicted octanol–water partition coefficient (Wildman–Crippen LogP) is 3.53. The normalized spacial score (nSPS) is 18.4. The molecule has 0 aromatic carbocycles. The van der Waals surface area contributed by atoms with Crippen LogP contribution in [0.25, 0.3) is 0 Å². The quantitative estimate of drug-likeness (QED) is 0.722. The second-order valence-electron chi connectivity index (χ2n) is 5.98. The molecule has 4 nitrogen and oxygen atoms in total. The van der Waals surface area contributed by atoms with Crippen LogP contribution in [0.4, 0.5) is 0 Å². The van der Waals surface area contributed by atoms with E-state index >= 15 is 0 Å². The Morgan fingerprint density at radius 1 is 1.29 bits per heavy atom. The molecule has 21 heavy (non-hydrogen) atoms. The third-order valence-corrected chi connectivity index (χ3v) is 4.42. The average molecular weight is 292 g/mol. The topological polar surface area (TPSA) is 44.1 Å². The van der Waals surface area contributed by atoms with Gasteiger partial charge >= 0.3 is 0 Å². The van der Waals surface area contributed by atoms with Crippen molar-refractivity contribution in [3.05, 3.63) is 18.2 Å². The van der Waals surface area contributed by atoms with Gasteiger partial charge in [-0.2, -0.15) is 0 Å². The van der Waals surface area contributed by atoms with Crippen molar-refractivity contribution in [3.63, 3.8) is 0 Å². The highest BCUT2D eigenvalue weighted by molar-refractivity contribution is 5.88. The number of hydrogen-bond donors (Lipinski definition) is 0. The Bertz CT molecular complexity index is 445. The molecule has 2 rings (SSSR count). The molecular formula is C17H28N2O2. The van der Waals surface area contributed by atoms with E-state index < -0.39 is 5.60 Å². The van der Waals surface area contributed by atoms with Crippen molar-refractivity contribution in [2.45, 2.75) is 77.4 Å². The SMILES string of the molecule is CCCn1ccnc1CC(=O)C1(OCC)CCCCCC1. The molecular weight excluding hydrogens is 264 g/mol. The van der Waals surface area contributed by atoms with Gasteiger partial charge in [-0.05, 0) is 26.2 Å². The van der Waals surface area contributed by atoms with Crippen molar-refractivity contribution < 1.29 is 9.53 Å². The van der Waals surface area contributed by atoms with Crippen molar-refractivity contribution in [1.82, 2.24) is 9.55 Å². The first kappa shape index (κ1) is 16.2. The van der Waals surface area contributed by atoms with Crippen molar-refractivity contribution in [3.8, 4) is 0 Å². The lowest BCUT2D eigenvalue weighted by atomic mass is 9.87. The fraction of sp³-hybridized carbons (Fsp3) is 0.765. The maximum Gasteiger partial charge on any atom is 0.172 e. The van der Waals surface area contributed by atoms with Crippen LogP contribution >= 0.6 is 0 Å². The number of ether oxygens (including phenoxy) is 1. The van der Waals surface area contributed by atoms with Crippen molar-refractivity contribution in [1.29, 1.82) is 0 Å². The molecule has 4 heteroatoms. The lowest BCUT2D eigenvalue weighted by Gasteiger charge is -2.31. The van der Waals surface area contributed by atoms with Crippen LogP contribution in [0.5, 0.6) is 0 Å². The number of hydrogen-bond acceptors (Lipinski definition) is 3. The van der Waals surface area contributed by atoms with E-state index in [0.29, 0.717) is 13.0 Å². The monoisotopic (exact) mass is 292 g/mol. The summed E-state index contributed by atoms with van der Waals surface area (Å²) in [5.74, 6) is 1.10. The van der Waals surface area contributed by atoms with Gasteiger partial charge in [-0.25, -0.2) is 4.98 Å². The van der Waals surface area contributed by atoms with Crippen LogP contribution in [0.15, 0.2) is 12.4 Å². The van der Waals surface area contributed by atoms with Gasteiger partial charge in [0, 0.05) is 25.5 Å². The van der Waals surface area contributed by atoms with Crippen LogP contribution in [-0.4, -0.2) is 27.5 Å². The van der Waals surface area contributed by atoms with E-state index in [1.54, 1.807) is 6.20 Å². The van der Waals surface area contributed by atoms with E-state index in [1.165, 1.54) is 12.8 Å². The molecule has 1 aromatic rings. The van der Waals surface area contributed by atoms with Gasteiger partial charge in [0.15, 0.2) is 5.78 Å². The van der Waals surface area contributed by atoms with E-state index in [-0.39, 0.29) is 5.78 Å². The van der Waals surface area contributed by atoms with Gasteiger partial charge in [0.1, 0.15) is 11.4 Å². The van der Waals surface area contributed by atoms with Crippen molar-refractivity contribution in [2.24, 2.45) is 0 Å². The third-order valence-electron chi connectivity index (χ3n) is 4.42. The van der Waals surface area contributed by atoms with Gasteiger partial charge in [0.2, 0.25) is 0 Å². The molecule has 0 aliphatic heterocycles. The Morgan fingerprint density at radius 2 is 2.00 bits per heavy atom. The molecule has 0 bridgehead atoms. The number of carbonyl (C=O) groups is 1. The minimum absolute atomic E-state index is 0.217. The molecule has 1 heterocycles. The first-order chi connectivity index (χ1) is 10.2. The molecule has 0 spiro atoms. The number of Topliss-reactive ketones (excluding diaryl/α,β-unsaturated/α-hetero) is 1. The van der Waals surface area contributed by atoms with Crippen molar-refractivity contribution >= 4 is 5.78 Å². The number of carbonyl (C=O) groups excluding carboxylic acids is 1. The van der Waals surface area contributed by atoms with Gasteiger partial charge in [-0.3, -0.25) is 4.79 Å². The van der Waals surface area contributed by atoms with Gasteiger partial charge in [-0.1, -0.05) is 32.6 Å². The Morgan fingerprint density at radius 3 is 2.62 bits per heavy atom. The summed E-state index contributed by atoms with van der Waals surface area (Å²) in [6.45, 7) is 5.65. The molecule has 1 aliphatic rings. The first-order valence-electron chi connectivity index (χ1n) is 8.39. The summed E-state index contributed by atoms with van der Waals surface area (Å²) in [7, 11) is 0. The number of aromatic nitrogens is 2. The maximum absolute atomic E-state index is 12.9. The fourth-order valence-corrected chi connectivity index (χ4v) is 3.34. The second kappa shape index (κ2) is 7.74. The lowest BCUT2D eigenvalue weighted by Crippen LogP contribution is -2.42. The summed E-state index contributed by atoms with van der Waals surface area (Å²) in [4.78, 5) is 17.3. The molecule has 118 valence electrons. The molecule has 0 amide bonds. The molecule has 0 saturated heterocycles. The highest BCUT2D eigenvalue weighted by Gasteiger charge is 2.39. The zero-order valence-corrected chi connectivity index (χ0v) is 13.4. The van der Waals surface area contributed by atoms with Gasteiger partial charge in [0.05, 0.1) is 6.42 Å². The lowest BCUT2D eigenvalue weighted by molar-refractivity contribution is -0.145. The zero-order chi connectivity index (χ0) is 15.1. The minimum atomic E-state index is -0.561. The summed E-state index contributed by atoms with van der Waals surface area (Å²) in [5.41, 5.74) is -0.561. The number of aryl methyl sites for hydroxylation is 1. The molecule has 0 N–H and O–H groups in total. The number of nitrogens with zero attached hydrogens (tertiary/aromatic N) is 2. The summed E-state index contributed by atoms with van der Waals surface area (Å²) in [6.07, 6.45) is 11.6. The van der Waals surface area contributed by atoms with Crippen molar-refractivity contribution in [2.75, 3.05) is 6.61 Å². The Kier molecular flexibility index (Phi) is 5.97. The van der Waals surface area contributed by atoms with E-state index in [0.717, 1.165) is 44.5 Å². The Labute approximate surface area is 127 Å². The highest BCUT2D eigenvalue weighted by atomic mass is 16.5. The Balaban J connectivity index is 2.12. The molecule has 0 atom stereocenters. The smallest absolute Gasteiger partial charge is 0.172 e. The number of rotatable bonds is 7.